The average molecular weight is 332 g/mol. The molecule has 23 heavy (non-hydrogen) atoms. The lowest BCUT2D eigenvalue weighted by atomic mass is 9.99. The van der Waals surface area contributed by atoms with E-state index in [1.807, 2.05) is 12.2 Å². The van der Waals surface area contributed by atoms with E-state index in [1.165, 1.54) is 32.1 Å². The quantitative estimate of drug-likeness (QED) is 0.334. The fourth-order valence-corrected chi connectivity index (χ4v) is 2.58. The summed E-state index contributed by atoms with van der Waals surface area (Å²) in [6.45, 7) is 2.01. The normalized spacial score (nSPS) is 31.8. The van der Waals surface area contributed by atoms with E-state index in [0.717, 1.165) is 12.8 Å². The van der Waals surface area contributed by atoms with Crippen LogP contribution in [0.25, 0.3) is 0 Å². The van der Waals surface area contributed by atoms with Gasteiger partial charge in [0.1, 0.15) is 24.4 Å². The Labute approximate surface area is 138 Å². The maximum absolute atomic E-state index is 9.80. The van der Waals surface area contributed by atoms with Gasteiger partial charge in [-0.3, -0.25) is 0 Å². The van der Waals surface area contributed by atoms with Crippen molar-refractivity contribution in [3.05, 3.63) is 12.2 Å². The van der Waals surface area contributed by atoms with Gasteiger partial charge >= 0.3 is 0 Å². The van der Waals surface area contributed by atoms with Crippen molar-refractivity contribution in [2.45, 2.75) is 82.6 Å². The molecule has 0 aromatic carbocycles. The van der Waals surface area contributed by atoms with Crippen LogP contribution in [0.4, 0.5) is 0 Å². The van der Waals surface area contributed by atoms with Crippen molar-refractivity contribution in [2.24, 2.45) is 0 Å². The van der Waals surface area contributed by atoms with Crippen LogP contribution in [-0.2, 0) is 9.47 Å². The van der Waals surface area contributed by atoms with Gasteiger partial charge in [0.15, 0.2) is 6.29 Å². The molecule has 1 heterocycles. The number of ether oxygens (including phenoxy) is 2. The van der Waals surface area contributed by atoms with Gasteiger partial charge in [0.25, 0.3) is 0 Å². The maximum Gasteiger partial charge on any atom is 0.187 e. The third-order valence-electron chi connectivity index (χ3n) is 4.10. The Morgan fingerprint density at radius 2 is 1.61 bits per heavy atom. The number of allylic oxidation sites excluding steroid dienone is 1. The molecule has 0 unspecified atom stereocenters. The molecule has 1 rings (SSSR count). The first kappa shape index (κ1) is 20.5. The monoisotopic (exact) mass is 332 g/mol. The summed E-state index contributed by atoms with van der Waals surface area (Å²) < 4.78 is 10.6. The van der Waals surface area contributed by atoms with Crippen LogP contribution < -0.4 is 0 Å². The van der Waals surface area contributed by atoms with Crippen molar-refractivity contribution in [1.29, 1.82) is 0 Å². The van der Waals surface area contributed by atoms with Crippen molar-refractivity contribution in [2.75, 3.05) is 13.2 Å². The number of hydrogen-bond donors (Lipinski definition) is 4. The highest BCUT2D eigenvalue weighted by atomic mass is 16.7. The summed E-state index contributed by atoms with van der Waals surface area (Å²) >= 11 is 0. The first-order valence-corrected chi connectivity index (χ1v) is 8.69. The van der Waals surface area contributed by atoms with Crippen LogP contribution in [0.15, 0.2) is 12.2 Å². The maximum atomic E-state index is 9.80. The first-order chi connectivity index (χ1) is 11.1. The molecule has 0 aromatic heterocycles. The molecule has 1 fully saturated rings. The van der Waals surface area contributed by atoms with E-state index in [1.54, 1.807) is 0 Å². The summed E-state index contributed by atoms with van der Waals surface area (Å²) in [6, 6.07) is 0. The van der Waals surface area contributed by atoms with Gasteiger partial charge in [0.05, 0.1) is 13.2 Å². The first-order valence-electron chi connectivity index (χ1n) is 8.69. The second kappa shape index (κ2) is 11.9. The van der Waals surface area contributed by atoms with Gasteiger partial charge in [-0.2, -0.15) is 0 Å². The van der Waals surface area contributed by atoms with Crippen molar-refractivity contribution in [3.63, 3.8) is 0 Å². The highest BCUT2D eigenvalue weighted by Crippen LogP contribution is 2.21. The van der Waals surface area contributed by atoms with Gasteiger partial charge in [0, 0.05) is 0 Å². The topological polar surface area (TPSA) is 99.4 Å². The molecule has 0 amide bonds. The fourth-order valence-electron chi connectivity index (χ4n) is 2.58. The number of aliphatic hydroxyl groups is 4. The number of hydrogen-bond acceptors (Lipinski definition) is 6. The van der Waals surface area contributed by atoms with E-state index in [9.17, 15) is 15.3 Å². The van der Waals surface area contributed by atoms with Crippen molar-refractivity contribution in [3.8, 4) is 0 Å². The second-order valence-electron chi connectivity index (χ2n) is 6.06. The van der Waals surface area contributed by atoms with E-state index in [-0.39, 0.29) is 6.61 Å². The lowest BCUT2D eigenvalue weighted by Crippen LogP contribution is -2.59. The van der Waals surface area contributed by atoms with Crippen LogP contribution in [0.1, 0.15) is 51.9 Å². The Hall–Kier alpha value is -0.500. The predicted molar refractivity (Wildman–Crippen MR) is 86.9 cm³/mol. The van der Waals surface area contributed by atoms with Crippen molar-refractivity contribution < 1.29 is 29.9 Å². The molecule has 0 saturated carbocycles. The van der Waals surface area contributed by atoms with E-state index < -0.39 is 37.3 Å². The lowest BCUT2D eigenvalue weighted by Gasteiger charge is -2.39. The highest BCUT2D eigenvalue weighted by Gasteiger charge is 2.43. The van der Waals surface area contributed by atoms with E-state index in [0.29, 0.717) is 0 Å². The van der Waals surface area contributed by atoms with Crippen LogP contribution in [0.2, 0.25) is 0 Å². The van der Waals surface area contributed by atoms with E-state index in [4.69, 9.17) is 14.6 Å². The average Bonchev–Trinajstić information content (AvgIpc) is 2.56. The van der Waals surface area contributed by atoms with Gasteiger partial charge < -0.3 is 29.9 Å². The molecule has 0 bridgehead atoms. The van der Waals surface area contributed by atoms with Crippen LogP contribution in [0.3, 0.4) is 0 Å². The molecule has 0 spiro atoms. The summed E-state index contributed by atoms with van der Waals surface area (Å²) in [7, 11) is 0. The molecule has 5 atom stereocenters. The van der Waals surface area contributed by atoms with Gasteiger partial charge in [-0.1, -0.05) is 51.2 Å². The summed E-state index contributed by atoms with van der Waals surface area (Å²) in [5.41, 5.74) is 0. The fraction of sp³-hybridized carbons (Fsp3) is 0.882. The molecule has 1 aliphatic rings. The molecule has 0 aromatic rings. The molecule has 6 heteroatoms. The lowest BCUT2D eigenvalue weighted by molar-refractivity contribution is -0.298. The Bertz CT molecular complexity index is 320. The predicted octanol–water partition coefficient (Wildman–Crippen LogP) is 1.11. The second-order valence-corrected chi connectivity index (χ2v) is 6.06. The third kappa shape index (κ3) is 7.28. The molecule has 0 aliphatic carbocycles. The summed E-state index contributed by atoms with van der Waals surface area (Å²) in [5, 5.41) is 38.2. The minimum Gasteiger partial charge on any atom is -0.394 e. The Balaban J connectivity index is 2.15. The molecular weight excluding hydrogens is 300 g/mol. The van der Waals surface area contributed by atoms with Crippen LogP contribution >= 0.6 is 0 Å². The number of aliphatic hydroxyl groups excluding tert-OH is 4. The molecular formula is C17H32O6. The molecule has 1 aliphatic heterocycles. The Morgan fingerprint density at radius 1 is 0.913 bits per heavy atom. The molecule has 0 radical (unpaired) electrons. The van der Waals surface area contributed by atoms with Gasteiger partial charge in [-0.15, -0.1) is 0 Å². The zero-order chi connectivity index (χ0) is 17.1. The zero-order valence-corrected chi connectivity index (χ0v) is 14.0. The molecule has 6 nitrogen and oxygen atoms in total. The summed E-state index contributed by atoms with van der Waals surface area (Å²) in [5.74, 6) is 0. The minimum atomic E-state index is -1.39. The largest absolute Gasteiger partial charge is 0.394 e. The smallest absolute Gasteiger partial charge is 0.187 e. The molecule has 136 valence electrons. The number of unbranched alkanes of at least 4 members (excludes halogenated alkanes) is 6. The van der Waals surface area contributed by atoms with Gasteiger partial charge in [-0.05, 0) is 12.8 Å². The SMILES string of the molecule is CCCCCCCC/C=C/CO[C@H]1O[C@H](CO)[C@@H](O)[C@H](O)[C@H]1O. The van der Waals surface area contributed by atoms with E-state index >= 15 is 0 Å². The number of rotatable bonds is 11. The summed E-state index contributed by atoms with van der Waals surface area (Å²) in [4.78, 5) is 0. The van der Waals surface area contributed by atoms with Crippen LogP contribution in [0.5, 0.6) is 0 Å². The zero-order valence-electron chi connectivity index (χ0n) is 14.0. The Kier molecular flexibility index (Phi) is 10.7. The highest BCUT2D eigenvalue weighted by molar-refractivity contribution is 4.89. The van der Waals surface area contributed by atoms with Crippen molar-refractivity contribution in [1.82, 2.24) is 0 Å². The summed E-state index contributed by atoms with van der Waals surface area (Å²) in [6.07, 6.45) is 6.37. The van der Waals surface area contributed by atoms with Crippen LogP contribution in [-0.4, -0.2) is 64.3 Å². The standard InChI is InChI=1S/C17H32O6/c1-2-3-4-5-6-7-8-9-10-11-22-17-16(21)15(20)14(19)13(12-18)23-17/h9-10,13-21H,2-8,11-12H2,1H3/b10-9+/t13-,14-,15+,16-,17+/m1/s1. The van der Waals surface area contributed by atoms with E-state index in [2.05, 4.69) is 6.92 Å². The van der Waals surface area contributed by atoms with Crippen molar-refractivity contribution >= 4 is 0 Å². The Morgan fingerprint density at radius 3 is 2.30 bits per heavy atom. The molecule has 4 N–H and O–H groups in total. The van der Waals surface area contributed by atoms with Gasteiger partial charge in [-0.25, -0.2) is 0 Å². The van der Waals surface area contributed by atoms with Crippen LogP contribution in [0, 0.1) is 0 Å². The molecule has 1 saturated heterocycles. The minimum absolute atomic E-state index is 0.249. The third-order valence-corrected chi connectivity index (χ3v) is 4.10. The van der Waals surface area contributed by atoms with Gasteiger partial charge in [0.2, 0.25) is 0 Å².